The molecule has 154 valence electrons. The molecule has 1 fully saturated rings. The van der Waals surface area contributed by atoms with Crippen molar-refractivity contribution in [2.75, 3.05) is 46.4 Å². The molecule has 1 N–H and O–H groups in total. The van der Waals surface area contributed by atoms with Crippen molar-refractivity contribution in [2.45, 2.75) is 19.5 Å². The first-order valence-electron chi connectivity index (χ1n) is 9.74. The fraction of sp³-hybridized carbons (Fsp3) is 0.550. The van der Waals surface area contributed by atoms with Gasteiger partial charge >= 0.3 is 0 Å². The number of thiophene rings is 1. The quantitative estimate of drug-likeness (QED) is 0.548. The lowest BCUT2D eigenvalue weighted by Gasteiger charge is -2.33. The predicted molar refractivity (Wildman–Crippen MR) is 117 cm³/mol. The standard InChI is InChI=1S/C20H30ClN5OS/c1-4-22-20(25(3)15-17-12-16(21)14-24(17)2)23-13-18(19-6-5-11-28-19)26-7-9-27-10-8-26/h5-6,11-12,14,18H,4,7-10,13,15H2,1-3H3,(H,22,23). The molecule has 1 aliphatic heterocycles. The highest BCUT2D eigenvalue weighted by atomic mass is 35.5. The summed E-state index contributed by atoms with van der Waals surface area (Å²) < 4.78 is 7.60. The minimum Gasteiger partial charge on any atom is -0.379 e. The van der Waals surface area contributed by atoms with Crippen LogP contribution in [-0.4, -0.2) is 66.8 Å². The summed E-state index contributed by atoms with van der Waals surface area (Å²) in [5.41, 5.74) is 1.15. The van der Waals surface area contributed by atoms with Crippen molar-refractivity contribution in [3.63, 3.8) is 0 Å². The predicted octanol–water partition coefficient (Wildman–Crippen LogP) is 3.21. The average molecular weight is 424 g/mol. The van der Waals surface area contributed by atoms with Gasteiger partial charge in [0.2, 0.25) is 0 Å². The number of hydrogen-bond donors (Lipinski definition) is 1. The third-order valence-corrected chi connectivity index (χ3v) is 6.12. The van der Waals surface area contributed by atoms with Gasteiger partial charge in [-0.3, -0.25) is 9.89 Å². The fourth-order valence-corrected chi connectivity index (χ4v) is 4.56. The number of hydrogen-bond acceptors (Lipinski definition) is 4. The Balaban J connectivity index is 1.74. The third-order valence-electron chi connectivity index (χ3n) is 4.94. The van der Waals surface area contributed by atoms with Crippen LogP contribution in [0.2, 0.25) is 5.02 Å². The number of aryl methyl sites for hydroxylation is 1. The van der Waals surface area contributed by atoms with Gasteiger partial charge in [-0.1, -0.05) is 17.7 Å². The van der Waals surface area contributed by atoms with Gasteiger partial charge in [0.15, 0.2) is 5.96 Å². The first-order valence-corrected chi connectivity index (χ1v) is 11.0. The highest BCUT2D eigenvalue weighted by Crippen LogP contribution is 2.26. The first-order chi connectivity index (χ1) is 13.6. The molecule has 6 nitrogen and oxygen atoms in total. The van der Waals surface area contributed by atoms with Crippen LogP contribution in [0.15, 0.2) is 34.8 Å². The van der Waals surface area contributed by atoms with Crippen molar-refractivity contribution < 1.29 is 4.74 Å². The molecule has 1 aliphatic rings. The van der Waals surface area contributed by atoms with Crippen molar-refractivity contribution >= 4 is 28.9 Å². The van der Waals surface area contributed by atoms with Crippen LogP contribution in [0.25, 0.3) is 0 Å². The minimum atomic E-state index is 0.287. The van der Waals surface area contributed by atoms with Gasteiger partial charge in [-0.25, -0.2) is 0 Å². The zero-order valence-electron chi connectivity index (χ0n) is 16.9. The van der Waals surface area contributed by atoms with Crippen molar-refractivity contribution in [1.29, 1.82) is 0 Å². The van der Waals surface area contributed by atoms with Crippen LogP contribution in [0.3, 0.4) is 0 Å². The van der Waals surface area contributed by atoms with Gasteiger partial charge in [-0.05, 0) is 24.4 Å². The molecule has 28 heavy (non-hydrogen) atoms. The number of halogens is 1. The van der Waals surface area contributed by atoms with Crippen LogP contribution in [0.5, 0.6) is 0 Å². The molecular formula is C20H30ClN5OS. The topological polar surface area (TPSA) is 45.0 Å². The molecule has 0 saturated carbocycles. The Bertz CT molecular complexity index is 755. The summed E-state index contributed by atoms with van der Waals surface area (Å²) in [5, 5.41) is 6.33. The Hall–Kier alpha value is -1.54. The first kappa shape index (κ1) is 21.2. The monoisotopic (exact) mass is 423 g/mol. The number of rotatable bonds is 7. The van der Waals surface area contributed by atoms with Crippen LogP contribution in [0, 0.1) is 0 Å². The molecule has 0 spiro atoms. The van der Waals surface area contributed by atoms with E-state index in [1.165, 1.54) is 4.88 Å². The van der Waals surface area contributed by atoms with E-state index in [4.69, 9.17) is 21.3 Å². The second kappa shape index (κ2) is 10.3. The van der Waals surface area contributed by atoms with Gasteiger partial charge in [-0.2, -0.15) is 0 Å². The van der Waals surface area contributed by atoms with E-state index in [1.54, 1.807) is 11.3 Å². The molecule has 1 atom stereocenters. The minimum absolute atomic E-state index is 0.287. The second-order valence-electron chi connectivity index (χ2n) is 6.99. The highest BCUT2D eigenvalue weighted by Gasteiger charge is 2.23. The van der Waals surface area contributed by atoms with Crippen LogP contribution < -0.4 is 5.32 Å². The van der Waals surface area contributed by atoms with Crippen molar-refractivity contribution in [1.82, 2.24) is 19.7 Å². The van der Waals surface area contributed by atoms with Crippen LogP contribution >= 0.6 is 22.9 Å². The van der Waals surface area contributed by atoms with Gasteiger partial charge < -0.3 is 19.5 Å². The molecule has 0 radical (unpaired) electrons. The summed E-state index contributed by atoms with van der Waals surface area (Å²) in [6, 6.07) is 6.62. The van der Waals surface area contributed by atoms with Gasteiger partial charge in [0, 0.05) is 50.5 Å². The Morgan fingerprint density at radius 3 is 2.82 bits per heavy atom. The summed E-state index contributed by atoms with van der Waals surface area (Å²) in [5.74, 6) is 0.912. The third kappa shape index (κ3) is 5.50. The van der Waals surface area contributed by atoms with E-state index in [9.17, 15) is 0 Å². The molecule has 1 saturated heterocycles. The molecular weight excluding hydrogens is 394 g/mol. The molecule has 0 aliphatic carbocycles. The Labute approximate surface area is 176 Å². The van der Waals surface area contributed by atoms with Gasteiger partial charge in [0.25, 0.3) is 0 Å². The number of nitrogens with one attached hydrogen (secondary N) is 1. The Morgan fingerprint density at radius 2 is 2.21 bits per heavy atom. The van der Waals surface area contributed by atoms with Crippen LogP contribution in [0.1, 0.15) is 23.5 Å². The number of guanidine groups is 1. The number of nitrogens with zero attached hydrogens (tertiary/aromatic N) is 4. The number of aromatic nitrogens is 1. The molecule has 3 rings (SSSR count). The van der Waals surface area contributed by atoms with E-state index >= 15 is 0 Å². The molecule has 3 heterocycles. The number of aliphatic imine (C=N–C) groups is 1. The highest BCUT2D eigenvalue weighted by molar-refractivity contribution is 7.10. The average Bonchev–Trinajstić information content (AvgIpc) is 3.32. The maximum atomic E-state index is 6.14. The zero-order chi connectivity index (χ0) is 19.9. The largest absolute Gasteiger partial charge is 0.379 e. The molecule has 8 heteroatoms. The molecule has 1 unspecified atom stereocenters. The maximum Gasteiger partial charge on any atom is 0.194 e. The summed E-state index contributed by atoms with van der Waals surface area (Å²) in [6.07, 6.45) is 1.93. The number of ether oxygens (including phenoxy) is 1. The van der Waals surface area contributed by atoms with E-state index in [2.05, 4.69) is 51.2 Å². The number of morpholine rings is 1. The molecule has 0 bridgehead atoms. The van der Waals surface area contributed by atoms with E-state index in [0.717, 1.165) is 62.6 Å². The van der Waals surface area contributed by atoms with E-state index in [-0.39, 0.29) is 6.04 Å². The van der Waals surface area contributed by atoms with E-state index < -0.39 is 0 Å². The van der Waals surface area contributed by atoms with Crippen LogP contribution in [0.4, 0.5) is 0 Å². The lowest BCUT2D eigenvalue weighted by Crippen LogP contribution is -2.42. The second-order valence-corrected chi connectivity index (χ2v) is 8.41. The molecule has 2 aromatic rings. The molecule has 0 aromatic carbocycles. The van der Waals surface area contributed by atoms with Crippen molar-refractivity contribution in [3.05, 3.63) is 45.4 Å². The lowest BCUT2D eigenvalue weighted by molar-refractivity contribution is 0.0186. The summed E-state index contributed by atoms with van der Waals surface area (Å²) >= 11 is 7.94. The van der Waals surface area contributed by atoms with Crippen LogP contribution in [-0.2, 0) is 18.3 Å². The summed E-state index contributed by atoms with van der Waals surface area (Å²) in [6.45, 7) is 7.88. The zero-order valence-corrected chi connectivity index (χ0v) is 18.5. The molecule has 2 aromatic heterocycles. The van der Waals surface area contributed by atoms with E-state index in [0.29, 0.717) is 0 Å². The smallest absolute Gasteiger partial charge is 0.194 e. The van der Waals surface area contributed by atoms with Crippen molar-refractivity contribution in [2.24, 2.45) is 12.0 Å². The van der Waals surface area contributed by atoms with Gasteiger partial charge in [0.1, 0.15) is 0 Å². The van der Waals surface area contributed by atoms with Gasteiger partial charge in [-0.15, -0.1) is 11.3 Å². The fourth-order valence-electron chi connectivity index (χ4n) is 3.44. The Morgan fingerprint density at radius 1 is 1.43 bits per heavy atom. The van der Waals surface area contributed by atoms with Crippen molar-refractivity contribution in [3.8, 4) is 0 Å². The van der Waals surface area contributed by atoms with E-state index in [1.807, 2.05) is 19.3 Å². The summed E-state index contributed by atoms with van der Waals surface area (Å²) in [7, 11) is 4.08. The summed E-state index contributed by atoms with van der Waals surface area (Å²) in [4.78, 5) is 11.0. The normalized spacial score (nSPS) is 16.9. The SMILES string of the molecule is CCNC(=NCC(c1cccs1)N1CCOCC1)N(C)Cc1cc(Cl)cn1C. The molecule has 0 amide bonds. The Kier molecular flexibility index (Phi) is 7.79. The van der Waals surface area contributed by atoms with Gasteiger partial charge in [0.05, 0.1) is 37.4 Å². The maximum absolute atomic E-state index is 6.14. The lowest BCUT2D eigenvalue weighted by atomic mass is 10.2.